The number of aliphatic hydroxyl groups excluding tert-OH is 1. The molecule has 0 saturated carbocycles. The van der Waals surface area contributed by atoms with Gasteiger partial charge in [0.1, 0.15) is 0 Å². The van der Waals surface area contributed by atoms with Crippen molar-refractivity contribution in [2.24, 2.45) is 0 Å². The Morgan fingerprint density at radius 3 is 2.62 bits per heavy atom. The number of nitrogens with one attached hydrogen (secondary N) is 1. The van der Waals surface area contributed by atoms with Crippen molar-refractivity contribution in [2.75, 3.05) is 46.4 Å². The zero-order chi connectivity index (χ0) is 15.3. The standard InChI is InChI=1S/C17H29N3O/c1-4-18-17(2,14-21)13-20-11-10-19(3)12-16(20)15-8-6-5-7-9-15/h5-9,16,18,21H,4,10-14H2,1-3H3. The van der Waals surface area contributed by atoms with Crippen LogP contribution in [0.25, 0.3) is 0 Å². The Balaban J connectivity index is 2.15. The molecule has 0 aromatic heterocycles. The number of aliphatic hydroxyl groups is 1. The van der Waals surface area contributed by atoms with Gasteiger partial charge in [-0.05, 0) is 26.1 Å². The number of piperazine rings is 1. The average molecular weight is 291 g/mol. The predicted molar refractivity (Wildman–Crippen MR) is 87.4 cm³/mol. The van der Waals surface area contributed by atoms with E-state index in [2.05, 4.69) is 66.3 Å². The second kappa shape index (κ2) is 7.36. The van der Waals surface area contributed by atoms with Gasteiger partial charge in [-0.25, -0.2) is 0 Å². The maximum atomic E-state index is 9.76. The summed E-state index contributed by atoms with van der Waals surface area (Å²) in [7, 11) is 2.18. The van der Waals surface area contributed by atoms with E-state index in [9.17, 15) is 5.11 Å². The van der Waals surface area contributed by atoms with Crippen molar-refractivity contribution in [3.05, 3.63) is 35.9 Å². The van der Waals surface area contributed by atoms with E-state index in [-0.39, 0.29) is 12.1 Å². The second-order valence-electron chi connectivity index (χ2n) is 6.41. The van der Waals surface area contributed by atoms with E-state index in [0.29, 0.717) is 6.04 Å². The number of benzene rings is 1. The molecule has 2 unspecified atom stereocenters. The van der Waals surface area contributed by atoms with E-state index in [1.54, 1.807) is 0 Å². The largest absolute Gasteiger partial charge is 0.394 e. The molecule has 21 heavy (non-hydrogen) atoms. The van der Waals surface area contributed by atoms with Gasteiger partial charge in [-0.15, -0.1) is 0 Å². The molecule has 4 nitrogen and oxygen atoms in total. The molecule has 1 fully saturated rings. The van der Waals surface area contributed by atoms with Crippen molar-refractivity contribution in [3.8, 4) is 0 Å². The van der Waals surface area contributed by atoms with Gasteiger partial charge in [0.05, 0.1) is 12.1 Å². The third-order valence-corrected chi connectivity index (χ3v) is 4.38. The van der Waals surface area contributed by atoms with E-state index in [1.165, 1.54) is 5.56 Å². The lowest BCUT2D eigenvalue weighted by atomic mass is 9.97. The minimum atomic E-state index is -0.238. The van der Waals surface area contributed by atoms with Gasteiger partial charge in [-0.2, -0.15) is 0 Å². The quantitative estimate of drug-likeness (QED) is 0.829. The number of nitrogens with zero attached hydrogens (tertiary/aromatic N) is 2. The molecular formula is C17H29N3O. The molecule has 0 aliphatic carbocycles. The number of hydrogen-bond acceptors (Lipinski definition) is 4. The maximum Gasteiger partial charge on any atom is 0.0623 e. The van der Waals surface area contributed by atoms with Crippen LogP contribution < -0.4 is 5.32 Å². The molecule has 1 aliphatic heterocycles. The Labute approximate surface area is 128 Å². The lowest BCUT2D eigenvalue weighted by Gasteiger charge is -2.44. The SMILES string of the molecule is CCNC(C)(CO)CN1CCN(C)CC1c1ccccc1. The Morgan fingerprint density at radius 1 is 1.29 bits per heavy atom. The third kappa shape index (κ3) is 4.27. The van der Waals surface area contributed by atoms with Gasteiger partial charge in [0.2, 0.25) is 0 Å². The zero-order valence-corrected chi connectivity index (χ0v) is 13.5. The smallest absolute Gasteiger partial charge is 0.0623 e. The summed E-state index contributed by atoms with van der Waals surface area (Å²) < 4.78 is 0. The van der Waals surface area contributed by atoms with E-state index < -0.39 is 0 Å². The van der Waals surface area contributed by atoms with Gasteiger partial charge in [-0.1, -0.05) is 37.3 Å². The highest BCUT2D eigenvalue weighted by molar-refractivity contribution is 5.20. The molecule has 0 radical (unpaired) electrons. The monoisotopic (exact) mass is 291 g/mol. The Hall–Kier alpha value is -0.940. The summed E-state index contributed by atoms with van der Waals surface area (Å²) in [6.45, 7) is 9.26. The molecule has 2 N–H and O–H groups in total. The normalized spacial score (nSPS) is 23.9. The van der Waals surface area contributed by atoms with Crippen LogP contribution in [0.5, 0.6) is 0 Å². The van der Waals surface area contributed by atoms with Crippen molar-refractivity contribution in [1.29, 1.82) is 0 Å². The van der Waals surface area contributed by atoms with Crippen molar-refractivity contribution in [3.63, 3.8) is 0 Å². The van der Waals surface area contributed by atoms with Gasteiger partial charge in [0.15, 0.2) is 0 Å². The molecule has 4 heteroatoms. The van der Waals surface area contributed by atoms with E-state index in [0.717, 1.165) is 32.7 Å². The van der Waals surface area contributed by atoms with Gasteiger partial charge in [-0.3, -0.25) is 4.90 Å². The zero-order valence-electron chi connectivity index (χ0n) is 13.5. The van der Waals surface area contributed by atoms with Gasteiger partial charge < -0.3 is 15.3 Å². The third-order valence-electron chi connectivity index (χ3n) is 4.38. The van der Waals surface area contributed by atoms with Crippen LogP contribution in [0, 0.1) is 0 Å². The summed E-state index contributed by atoms with van der Waals surface area (Å²) in [6.07, 6.45) is 0. The van der Waals surface area contributed by atoms with E-state index in [4.69, 9.17) is 0 Å². The summed E-state index contributed by atoms with van der Waals surface area (Å²) in [5.74, 6) is 0. The first kappa shape index (κ1) is 16.4. The lowest BCUT2D eigenvalue weighted by Crippen LogP contribution is -2.58. The molecule has 2 rings (SSSR count). The molecule has 1 aliphatic rings. The summed E-state index contributed by atoms with van der Waals surface area (Å²) in [5.41, 5.74) is 1.12. The summed E-state index contributed by atoms with van der Waals surface area (Å²) in [4.78, 5) is 4.89. The van der Waals surface area contributed by atoms with E-state index >= 15 is 0 Å². The highest BCUT2D eigenvalue weighted by Gasteiger charge is 2.32. The van der Waals surface area contributed by atoms with Gasteiger partial charge in [0, 0.05) is 32.2 Å². The highest BCUT2D eigenvalue weighted by atomic mass is 16.3. The number of likely N-dealkylation sites (N-methyl/N-ethyl adjacent to an activating group) is 2. The molecule has 1 heterocycles. The van der Waals surface area contributed by atoms with Crippen LogP contribution in [0.15, 0.2) is 30.3 Å². The fourth-order valence-electron chi connectivity index (χ4n) is 3.17. The summed E-state index contributed by atoms with van der Waals surface area (Å²) in [6, 6.07) is 11.1. The van der Waals surface area contributed by atoms with Crippen molar-refractivity contribution in [1.82, 2.24) is 15.1 Å². The summed E-state index contributed by atoms with van der Waals surface area (Å²) in [5, 5.41) is 13.2. The predicted octanol–water partition coefficient (Wildman–Crippen LogP) is 1.34. The molecule has 0 amide bonds. The Morgan fingerprint density at radius 2 is 2.00 bits per heavy atom. The molecule has 1 aromatic carbocycles. The van der Waals surface area contributed by atoms with Crippen LogP contribution in [0.3, 0.4) is 0 Å². The molecular weight excluding hydrogens is 262 g/mol. The van der Waals surface area contributed by atoms with Crippen molar-refractivity contribution < 1.29 is 5.11 Å². The first-order chi connectivity index (χ1) is 10.1. The van der Waals surface area contributed by atoms with Crippen LogP contribution in [-0.2, 0) is 0 Å². The minimum absolute atomic E-state index is 0.161. The second-order valence-corrected chi connectivity index (χ2v) is 6.41. The Kier molecular flexibility index (Phi) is 5.76. The highest BCUT2D eigenvalue weighted by Crippen LogP contribution is 2.26. The molecule has 2 atom stereocenters. The number of rotatable bonds is 6. The van der Waals surface area contributed by atoms with Gasteiger partial charge >= 0.3 is 0 Å². The van der Waals surface area contributed by atoms with Crippen LogP contribution >= 0.6 is 0 Å². The first-order valence-electron chi connectivity index (χ1n) is 7.91. The molecule has 1 aromatic rings. The lowest BCUT2D eigenvalue weighted by molar-refractivity contribution is 0.0461. The fourth-order valence-corrected chi connectivity index (χ4v) is 3.17. The molecule has 118 valence electrons. The van der Waals surface area contributed by atoms with Crippen LogP contribution in [0.2, 0.25) is 0 Å². The van der Waals surface area contributed by atoms with Crippen LogP contribution in [-0.4, -0.2) is 66.8 Å². The van der Waals surface area contributed by atoms with Gasteiger partial charge in [0.25, 0.3) is 0 Å². The fraction of sp³-hybridized carbons (Fsp3) is 0.647. The van der Waals surface area contributed by atoms with Crippen LogP contribution in [0.4, 0.5) is 0 Å². The van der Waals surface area contributed by atoms with Crippen molar-refractivity contribution >= 4 is 0 Å². The minimum Gasteiger partial charge on any atom is -0.394 e. The first-order valence-corrected chi connectivity index (χ1v) is 7.91. The molecule has 0 bridgehead atoms. The van der Waals surface area contributed by atoms with E-state index in [1.807, 2.05) is 0 Å². The summed E-state index contributed by atoms with van der Waals surface area (Å²) >= 11 is 0. The number of hydrogen-bond donors (Lipinski definition) is 2. The van der Waals surface area contributed by atoms with Crippen molar-refractivity contribution in [2.45, 2.75) is 25.4 Å². The molecule has 1 saturated heterocycles. The molecule has 0 spiro atoms. The topological polar surface area (TPSA) is 38.7 Å². The maximum absolute atomic E-state index is 9.76. The Bertz CT molecular complexity index is 425. The van der Waals surface area contributed by atoms with Crippen LogP contribution in [0.1, 0.15) is 25.5 Å². The average Bonchev–Trinajstić information content (AvgIpc) is 2.50.